The first-order valence-corrected chi connectivity index (χ1v) is 11.0. The molecule has 0 bridgehead atoms. The maximum absolute atomic E-state index is 13.3. The van der Waals surface area contributed by atoms with Crippen molar-refractivity contribution in [2.75, 3.05) is 0 Å². The van der Waals surface area contributed by atoms with Crippen LogP contribution in [0.2, 0.25) is 5.02 Å². The first-order valence-electron chi connectivity index (χ1n) is 10.6. The molecule has 1 heterocycles. The molecule has 4 heteroatoms. The third-order valence-corrected chi connectivity index (χ3v) is 6.32. The van der Waals surface area contributed by atoms with Crippen LogP contribution in [-0.2, 0) is 0 Å². The first-order chi connectivity index (χ1) is 14.5. The lowest BCUT2D eigenvalue weighted by Crippen LogP contribution is -2.23. The molecule has 0 spiro atoms. The lowest BCUT2D eigenvalue weighted by atomic mass is 9.75. The summed E-state index contributed by atoms with van der Waals surface area (Å²) in [4.78, 5) is 13.3. The zero-order valence-electron chi connectivity index (χ0n) is 17.7. The van der Waals surface area contributed by atoms with Crippen LogP contribution >= 0.6 is 11.6 Å². The average Bonchev–Trinajstić information content (AvgIpc) is 3.15. The number of carbonyl (C=O) groups excluding carboxylic acids is 1. The molecular weight excluding hydrogens is 392 g/mol. The molecule has 154 valence electrons. The second-order valence-corrected chi connectivity index (χ2v) is 8.91. The van der Waals surface area contributed by atoms with Crippen molar-refractivity contribution in [3.05, 3.63) is 82.5 Å². The molecule has 0 N–H and O–H groups in total. The average molecular weight is 419 g/mol. The Hall–Kier alpha value is -2.65. The summed E-state index contributed by atoms with van der Waals surface area (Å²) in [6.45, 7) is 6.70. The molecule has 0 amide bonds. The van der Waals surface area contributed by atoms with Crippen LogP contribution in [-0.4, -0.2) is 15.7 Å². The molecule has 0 radical (unpaired) electrons. The quantitative estimate of drug-likeness (QED) is 0.420. The fourth-order valence-electron chi connectivity index (χ4n) is 4.44. The van der Waals surface area contributed by atoms with E-state index in [9.17, 15) is 4.79 Å². The number of allylic oxidation sites excluding steroid dienone is 1. The van der Waals surface area contributed by atoms with Crippen LogP contribution in [0.5, 0.6) is 0 Å². The maximum Gasteiger partial charge on any atom is 0.271 e. The van der Waals surface area contributed by atoms with Gasteiger partial charge in [-0.3, -0.25) is 4.79 Å². The van der Waals surface area contributed by atoms with Gasteiger partial charge in [0, 0.05) is 28.1 Å². The van der Waals surface area contributed by atoms with Crippen LogP contribution in [0.25, 0.3) is 17.3 Å². The highest BCUT2D eigenvalue weighted by atomic mass is 35.5. The highest BCUT2D eigenvalue weighted by Gasteiger charge is 2.35. The summed E-state index contributed by atoms with van der Waals surface area (Å²) in [7, 11) is 0. The van der Waals surface area contributed by atoms with Crippen LogP contribution < -0.4 is 0 Å². The van der Waals surface area contributed by atoms with Gasteiger partial charge in [-0.05, 0) is 48.4 Å². The molecule has 0 saturated heterocycles. The Morgan fingerprint density at radius 2 is 1.80 bits per heavy atom. The number of hydrogen-bond acceptors (Lipinski definition) is 2. The minimum absolute atomic E-state index is 0.102. The van der Waals surface area contributed by atoms with Gasteiger partial charge in [-0.1, -0.05) is 74.8 Å². The van der Waals surface area contributed by atoms with Crippen molar-refractivity contribution >= 4 is 23.6 Å². The van der Waals surface area contributed by atoms with Crippen LogP contribution in [0.3, 0.4) is 0 Å². The van der Waals surface area contributed by atoms with Gasteiger partial charge < -0.3 is 0 Å². The number of aromatic nitrogens is 2. The van der Waals surface area contributed by atoms with Crippen LogP contribution in [0.4, 0.5) is 0 Å². The molecule has 1 aromatic heterocycles. The minimum atomic E-state index is -0.102. The fraction of sp³-hybridized carbons (Fsp3) is 0.308. The molecule has 0 aliphatic heterocycles. The Balaban J connectivity index is 1.83. The zero-order chi connectivity index (χ0) is 21.3. The van der Waals surface area contributed by atoms with Gasteiger partial charge in [0.05, 0.1) is 11.4 Å². The maximum atomic E-state index is 13.3. The summed E-state index contributed by atoms with van der Waals surface area (Å²) >= 11 is 6.10. The van der Waals surface area contributed by atoms with Gasteiger partial charge in [0.15, 0.2) is 0 Å². The van der Waals surface area contributed by atoms with E-state index in [2.05, 4.69) is 20.8 Å². The van der Waals surface area contributed by atoms with E-state index < -0.39 is 0 Å². The van der Waals surface area contributed by atoms with Gasteiger partial charge in [-0.15, -0.1) is 0 Å². The first kappa shape index (κ1) is 20.6. The van der Waals surface area contributed by atoms with E-state index in [4.69, 9.17) is 16.7 Å². The molecular formula is C26H27ClN2O. The normalized spacial score (nSPS) is 18.7. The third-order valence-electron chi connectivity index (χ3n) is 6.06. The number of rotatable bonds is 4. The molecule has 0 saturated carbocycles. The molecule has 30 heavy (non-hydrogen) atoms. The molecule has 1 aliphatic rings. The zero-order valence-corrected chi connectivity index (χ0v) is 18.4. The second-order valence-electron chi connectivity index (χ2n) is 8.48. The molecule has 1 aliphatic carbocycles. The standard InChI is InChI=1S/C26H27ClN2O/c1-17(2)22-15-9-18(3)24-25(20-11-13-21(27)14-12-20)28-29(26(22)24)23(30)16-10-19-7-5-4-6-8-19/h4-8,10-14,16-18,22H,9,15H2,1-3H3/b16-10-/t18-,22+/m1/s1. The number of halogens is 1. The smallest absolute Gasteiger partial charge is 0.267 e. The van der Waals surface area contributed by atoms with Crippen LogP contribution in [0.15, 0.2) is 60.7 Å². The highest BCUT2D eigenvalue weighted by Crippen LogP contribution is 2.46. The van der Waals surface area contributed by atoms with Crippen molar-refractivity contribution in [1.82, 2.24) is 9.78 Å². The van der Waals surface area contributed by atoms with E-state index in [0.29, 0.717) is 22.8 Å². The molecule has 4 rings (SSSR count). The molecule has 3 nitrogen and oxygen atoms in total. The van der Waals surface area contributed by atoms with Crippen LogP contribution in [0.1, 0.15) is 67.1 Å². The number of hydrogen-bond donors (Lipinski definition) is 0. The Kier molecular flexibility index (Phi) is 5.92. The molecule has 3 aromatic rings. The number of benzene rings is 2. The predicted octanol–water partition coefficient (Wildman–Crippen LogP) is 7.19. The molecule has 2 aromatic carbocycles. The molecule has 0 fully saturated rings. The summed E-state index contributed by atoms with van der Waals surface area (Å²) in [5.74, 6) is 1.02. The summed E-state index contributed by atoms with van der Waals surface area (Å²) in [6.07, 6.45) is 5.67. The molecule has 2 atom stereocenters. The Labute approximate surface area is 183 Å². The van der Waals surface area contributed by atoms with E-state index in [0.717, 1.165) is 35.4 Å². The summed E-state index contributed by atoms with van der Waals surface area (Å²) in [5.41, 5.74) is 5.20. The monoisotopic (exact) mass is 418 g/mol. The second kappa shape index (κ2) is 8.61. The third kappa shape index (κ3) is 3.99. The van der Waals surface area contributed by atoms with Gasteiger partial charge >= 0.3 is 0 Å². The lowest BCUT2D eigenvalue weighted by Gasteiger charge is -2.30. The van der Waals surface area contributed by atoms with E-state index in [1.165, 1.54) is 5.56 Å². The Bertz CT molecular complexity index is 1060. The van der Waals surface area contributed by atoms with Crippen LogP contribution in [0, 0.1) is 5.92 Å². The SMILES string of the molecule is CC(C)[C@@H]1CC[C@@H](C)c2c(-c3ccc(Cl)cc3)nn(C(=O)/C=C\c3ccccc3)c21. The summed E-state index contributed by atoms with van der Waals surface area (Å²) < 4.78 is 1.65. The Morgan fingerprint density at radius 1 is 1.10 bits per heavy atom. The fourth-order valence-corrected chi connectivity index (χ4v) is 4.56. The minimum Gasteiger partial charge on any atom is -0.267 e. The van der Waals surface area contributed by atoms with Crippen molar-refractivity contribution in [3.63, 3.8) is 0 Å². The van der Waals surface area contributed by atoms with Gasteiger partial charge in [0.2, 0.25) is 0 Å². The number of fused-ring (bicyclic) bond motifs is 1. The van der Waals surface area contributed by atoms with Crippen molar-refractivity contribution in [2.24, 2.45) is 5.92 Å². The van der Waals surface area contributed by atoms with E-state index in [-0.39, 0.29) is 5.91 Å². The largest absolute Gasteiger partial charge is 0.271 e. The van der Waals surface area contributed by atoms with Gasteiger partial charge in [-0.25, -0.2) is 4.68 Å². The van der Waals surface area contributed by atoms with E-state index in [1.54, 1.807) is 10.8 Å². The van der Waals surface area contributed by atoms with Gasteiger partial charge in [-0.2, -0.15) is 5.10 Å². The van der Waals surface area contributed by atoms with Gasteiger partial charge in [0.1, 0.15) is 0 Å². The van der Waals surface area contributed by atoms with Crippen molar-refractivity contribution < 1.29 is 4.79 Å². The van der Waals surface area contributed by atoms with Gasteiger partial charge in [0.25, 0.3) is 5.91 Å². The number of carbonyl (C=O) groups is 1. The van der Waals surface area contributed by atoms with Crippen molar-refractivity contribution in [2.45, 2.75) is 45.4 Å². The topological polar surface area (TPSA) is 34.9 Å². The highest BCUT2D eigenvalue weighted by molar-refractivity contribution is 6.30. The van der Waals surface area contributed by atoms with E-state index >= 15 is 0 Å². The molecule has 0 unspecified atom stereocenters. The van der Waals surface area contributed by atoms with Crippen molar-refractivity contribution in [1.29, 1.82) is 0 Å². The predicted molar refractivity (Wildman–Crippen MR) is 124 cm³/mol. The number of nitrogens with zero attached hydrogens (tertiary/aromatic N) is 2. The van der Waals surface area contributed by atoms with Crippen molar-refractivity contribution in [3.8, 4) is 11.3 Å². The van der Waals surface area contributed by atoms with E-state index in [1.807, 2.05) is 60.7 Å². The lowest BCUT2D eigenvalue weighted by molar-refractivity contribution is 0.0947. The summed E-state index contributed by atoms with van der Waals surface area (Å²) in [6, 6.07) is 17.6. The summed E-state index contributed by atoms with van der Waals surface area (Å²) in [5, 5.41) is 5.56. The Morgan fingerprint density at radius 3 is 2.47 bits per heavy atom.